The summed E-state index contributed by atoms with van der Waals surface area (Å²) in [4.78, 5) is 38.7. The Balaban J connectivity index is 2.04. The number of nitrogens with one attached hydrogen (secondary N) is 1. The number of nitrogens with zero attached hydrogens (tertiary/aromatic N) is 6. The average molecular weight is 575 g/mol. The number of nitrogens with two attached hydrogens (primary N) is 2. The first kappa shape index (κ1) is 30.4. The summed E-state index contributed by atoms with van der Waals surface area (Å²) in [5.41, 5.74) is 11.8. The van der Waals surface area contributed by atoms with Gasteiger partial charge in [0.2, 0.25) is 18.1 Å². The fourth-order valence-electron chi connectivity index (χ4n) is 4.65. The molecule has 216 valence electrons. The quantitative estimate of drug-likeness (QED) is 0.173. The third-order valence-corrected chi connectivity index (χ3v) is 7.42. The number of anilines is 1. The predicted molar refractivity (Wildman–Crippen MR) is 146 cm³/mol. The highest BCUT2D eigenvalue weighted by atomic mass is 35.5. The van der Waals surface area contributed by atoms with Crippen LogP contribution in [-0.2, 0) is 13.1 Å². The zero-order chi connectivity index (χ0) is 28.9. The minimum absolute atomic E-state index is 0.118. The van der Waals surface area contributed by atoms with Crippen LogP contribution in [0.5, 0.6) is 0 Å². The van der Waals surface area contributed by atoms with Crippen LogP contribution in [0.4, 0.5) is 19.1 Å². The van der Waals surface area contributed by atoms with Crippen LogP contribution in [0.1, 0.15) is 32.6 Å². The number of halogens is 4. The molecule has 1 fully saturated rings. The van der Waals surface area contributed by atoms with Crippen molar-refractivity contribution >= 4 is 35.9 Å². The fourth-order valence-corrected chi connectivity index (χ4v) is 4.97. The first-order valence-corrected chi connectivity index (χ1v) is 13.2. The van der Waals surface area contributed by atoms with Crippen LogP contribution in [-0.4, -0.2) is 87.7 Å². The third kappa shape index (κ3) is 7.28. The van der Waals surface area contributed by atoms with Crippen molar-refractivity contribution in [2.75, 3.05) is 26.0 Å². The molecule has 0 bridgehead atoms. The normalized spacial score (nSPS) is 28.8. The number of aromatic nitrogens is 3. The van der Waals surface area contributed by atoms with Gasteiger partial charge in [0, 0.05) is 49.8 Å². The van der Waals surface area contributed by atoms with E-state index in [1.54, 1.807) is 13.3 Å². The summed E-state index contributed by atoms with van der Waals surface area (Å²) >= 11 is 6.56. The molecule has 0 saturated heterocycles. The summed E-state index contributed by atoms with van der Waals surface area (Å²) in [7, 11) is 3.11. The molecule has 1 aromatic heterocycles. The van der Waals surface area contributed by atoms with Gasteiger partial charge < -0.3 is 16.8 Å². The molecule has 6 unspecified atom stereocenters. The van der Waals surface area contributed by atoms with Crippen molar-refractivity contribution < 1.29 is 17.7 Å². The number of hydrogen-bond acceptors (Lipinski definition) is 7. The number of aliphatic imine (C=N–C) groups is 2. The smallest absolute Gasteiger partial charge is 0.355 e. The molecule has 3 rings (SSSR count). The fraction of sp³-hybridized carbons (Fsp3) is 0.667. The highest BCUT2D eigenvalue weighted by Gasteiger charge is 2.39. The number of rotatable bonds is 9. The lowest BCUT2D eigenvalue weighted by molar-refractivity contribution is -0.363. The molecule has 39 heavy (non-hydrogen) atoms. The van der Waals surface area contributed by atoms with Crippen molar-refractivity contribution in [1.29, 1.82) is 0 Å². The van der Waals surface area contributed by atoms with Crippen LogP contribution >= 0.6 is 11.6 Å². The Hall–Kier alpha value is -3.16. The van der Waals surface area contributed by atoms with Crippen molar-refractivity contribution in [3.8, 4) is 0 Å². The molecule has 1 saturated carbocycles. The summed E-state index contributed by atoms with van der Waals surface area (Å²) in [5.74, 6) is -1.06. The van der Waals surface area contributed by atoms with E-state index >= 15 is 0 Å². The van der Waals surface area contributed by atoms with E-state index in [1.165, 1.54) is 18.0 Å². The number of amidine groups is 1. The van der Waals surface area contributed by atoms with E-state index in [1.807, 2.05) is 6.92 Å². The van der Waals surface area contributed by atoms with Gasteiger partial charge in [0.15, 0.2) is 0 Å². The van der Waals surface area contributed by atoms with E-state index in [0.29, 0.717) is 25.1 Å². The first-order chi connectivity index (χ1) is 18.5. The van der Waals surface area contributed by atoms with Crippen LogP contribution in [0.3, 0.4) is 0 Å². The summed E-state index contributed by atoms with van der Waals surface area (Å²) in [6.07, 6.45) is -2.80. The molecule has 0 radical (unpaired) electrons. The molecule has 0 aliphatic heterocycles. The Bertz CT molecular complexity index is 1280. The third-order valence-electron chi connectivity index (χ3n) is 6.96. The standard InChI is InChI=1S/C24H35ClF3N9O2/c1-4-32-9-13-6-20(15(25)7-19(13)29)33-22-34-23(38)37(11-21(30)35(3)12-31-2)24(39)36(22)10-14-5-17(27)18(28)8-16(14)26/h9,12,14-18,20,30H,4-8,10-11H2,1-3H3,(H3,29,32,33,34,38)/p+1. The topological polar surface area (TPSA) is 149 Å². The minimum atomic E-state index is -1.91. The molecule has 15 heteroatoms. The maximum atomic E-state index is 14.8. The number of hydrogen-bond donors (Lipinski definition) is 3. The van der Waals surface area contributed by atoms with E-state index in [2.05, 4.69) is 20.3 Å². The van der Waals surface area contributed by atoms with Crippen molar-refractivity contribution in [3.63, 3.8) is 0 Å². The molecule has 6 atom stereocenters. The van der Waals surface area contributed by atoms with Crippen molar-refractivity contribution in [3.05, 3.63) is 32.2 Å². The summed E-state index contributed by atoms with van der Waals surface area (Å²) in [5, 5.41) is 2.53. The van der Waals surface area contributed by atoms with Gasteiger partial charge in [0.25, 0.3) is 0 Å². The van der Waals surface area contributed by atoms with Crippen molar-refractivity contribution in [2.24, 2.45) is 27.4 Å². The van der Waals surface area contributed by atoms with Gasteiger partial charge in [-0.3, -0.25) is 9.56 Å². The van der Waals surface area contributed by atoms with E-state index in [-0.39, 0.29) is 24.9 Å². The Kier molecular flexibility index (Phi) is 10.3. The van der Waals surface area contributed by atoms with Crippen LogP contribution in [0.15, 0.2) is 30.8 Å². The maximum absolute atomic E-state index is 14.8. The Morgan fingerprint density at radius 1 is 1.21 bits per heavy atom. The molecular weight excluding hydrogens is 539 g/mol. The van der Waals surface area contributed by atoms with Crippen LogP contribution in [0.25, 0.3) is 0 Å². The monoisotopic (exact) mass is 574 g/mol. The second-order valence-corrected chi connectivity index (χ2v) is 10.4. The number of alkyl halides is 4. The van der Waals surface area contributed by atoms with E-state index in [0.717, 1.165) is 14.7 Å². The minimum Gasteiger partial charge on any atom is -0.402 e. The molecule has 1 heterocycles. The molecular formula is C24H36ClF3N9O2+. The second kappa shape index (κ2) is 13.3. The Morgan fingerprint density at radius 3 is 2.56 bits per heavy atom. The molecule has 0 spiro atoms. The van der Waals surface area contributed by atoms with Crippen LogP contribution in [0.2, 0.25) is 0 Å². The average Bonchev–Trinajstić information content (AvgIpc) is 2.87. The van der Waals surface area contributed by atoms with Crippen molar-refractivity contribution in [2.45, 2.75) is 75.6 Å². The lowest BCUT2D eigenvalue weighted by Crippen LogP contribution is -2.49. The molecule has 2 aliphatic carbocycles. The lowest BCUT2D eigenvalue weighted by atomic mass is 9.85. The van der Waals surface area contributed by atoms with Gasteiger partial charge in [-0.2, -0.15) is 9.98 Å². The molecule has 11 nitrogen and oxygen atoms in total. The molecule has 5 N–H and O–H groups in total. The zero-order valence-electron chi connectivity index (χ0n) is 22.2. The zero-order valence-corrected chi connectivity index (χ0v) is 23.0. The van der Waals surface area contributed by atoms with Crippen LogP contribution < -0.4 is 28.2 Å². The van der Waals surface area contributed by atoms with Gasteiger partial charge in [-0.15, -0.1) is 11.6 Å². The van der Waals surface area contributed by atoms with E-state index in [4.69, 9.17) is 23.1 Å². The highest BCUT2D eigenvalue weighted by molar-refractivity contribution is 6.21. The van der Waals surface area contributed by atoms with Gasteiger partial charge >= 0.3 is 11.4 Å². The maximum Gasteiger partial charge on any atom is 0.355 e. The van der Waals surface area contributed by atoms with Crippen molar-refractivity contribution in [1.82, 2.24) is 14.1 Å². The molecule has 1 aromatic rings. The van der Waals surface area contributed by atoms with Gasteiger partial charge in [-0.25, -0.2) is 31.9 Å². The summed E-state index contributed by atoms with van der Waals surface area (Å²) < 4.78 is 46.0. The lowest BCUT2D eigenvalue weighted by Gasteiger charge is -2.33. The predicted octanol–water partition coefficient (Wildman–Crippen LogP) is 0.972. The molecule has 0 amide bonds. The Labute approximate surface area is 229 Å². The summed E-state index contributed by atoms with van der Waals surface area (Å²) in [6, 6.07) is -0.508. The highest BCUT2D eigenvalue weighted by Crippen LogP contribution is 2.33. The summed E-state index contributed by atoms with van der Waals surface area (Å²) in [6.45, 7) is 1.77. The molecule has 0 aromatic carbocycles. The number of allylic oxidation sites excluding steroid dienone is 1. The first-order valence-electron chi connectivity index (χ1n) is 12.7. The molecule has 2 aliphatic rings. The van der Waals surface area contributed by atoms with Gasteiger partial charge in [0.1, 0.15) is 25.1 Å². The Morgan fingerprint density at radius 2 is 1.90 bits per heavy atom. The van der Waals surface area contributed by atoms with E-state index in [9.17, 15) is 22.8 Å². The largest absolute Gasteiger partial charge is 0.402 e. The van der Waals surface area contributed by atoms with Crippen LogP contribution in [0, 0.1) is 5.92 Å². The van der Waals surface area contributed by atoms with Gasteiger partial charge in [0.05, 0.1) is 19.5 Å². The van der Waals surface area contributed by atoms with Gasteiger partial charge in [-0.05, 0) is 25.3 Å². The van der Waals surface area contributed by atoms with Gasteiger partial charge in [-0.1, -0.05) is 0 Å². The van der Waals surface area contributed by atoms with E-state index < -0.39 is 60.1 Å². The second-order valence-electron chi connectivity index (χ2n) is 9.81. The SMILES string of the molecule is CCN=CC1=C(N)CC(Cl)C(Nc2nc(=O)n(CC(N)=[N+](C)C=NC)c(=O)n2CC2CC(F)C(F)CC2F)C1.